The van der Waals surface area contributed by atoms with Gasteiger partial charge in [-0.1, -0.05) is 12.1 Å². The van der Waals surface area contributed by atoms with Gasteiger partial charge in [-0.2, -0.15) is 0 Å². The SMILES string of the molecule is CN=C/C(=C\N)c1ccc2ncc3ccc(=O)n(-c4ccc(C)c(N)c4)c3c2c1. The van der Waals surface area contributed by atoms with E-state index in [0.717, 1.165) is 38.5 Å². The van der Waals surface area contributed by atoms with E-state index >= 15 is 0 Å². The Labute approximate surface area is 167 Å². The van der Waals surface area contributed by atoms with E-state index < -0.39 is 0 Å². The Morgan fingerprint density at radius 3 is 2.69 bits per heavy atom. The van der Waals surface area contributed by atoms with Crippen LogP contribution in [-0.2, 0) is 0 Å². The molecule has 0 aliphatic heterocycles. The van der Waals surface area contributed by atoms with Gasteiger partial charge in [-0.05, 0) is 48.4 Å². The molecule has 0 amide bonds. The highest BCUT2D eigenvalue weighted by Crippen LogP contribution is 2.28. The smallest absolute Gasteiger partial charge is 0.255 e. The van der Waals surface area contributed by atoms with Crippen LogP contribution in [0, 0.1) is 6.92 Å². The van der Waals surface area contributed by atoms with Crippen LogP contribution in [-0.4, -0.2) is 22.8 Å². The lowest BCUT2D eigenvalue weighted by Crippen LogP contribution is -2.18. The molecule has 0 radical (unpaired) electrons. The number of allylic oxidation sites excluding steroid dienone is 1. The van der Waals surface area contributed by atoms with Crippen molar-refractivity contribution in [3.63, 3.8) is 0 Å². The first-order chi connectivity index (χ1) is 14.0. The zero-order valence-corrected chi connectivity index (χ0v) is 16.3. The summed E-state index contributed by atoms with van der Waals surface area (Å²) in [5.41, 5.74) is 17.3. The number of aryl methyl sites for hydroxylation is 1. The Morgan fingerprint density at radius 2 is 1.97 bits per heavy atom. The fourth-order valence-electron chi connectivity index (χ4n) is 3.47. The maximum Gasteiger partial charge on any atom is 0.255 e. The average Bonchev–Trinajstić information content (AvgIpc) is 2.73. The quantitative estimate of drug-likeness (QED) is 0.322. The maximum atomic E-state index is 12.9. The fourth-order valence-corrected chi connectivity index (χ4v) is 3.47. The minimum atomic E-state index is -0.136. The Hall–Kier alpha value is -3.93. The standard InChI is InChI=1S/C23H21N5O/c1-14-3-6-18(10-20(14)25)28-22(29)8-5-16-13-27-21-7-4-15(9-19(21)23(16)28)17(11-24)12-26-2/h3-13H,24-25H2,1-2H3/b17-11+,26-12?. The number of hydrogen-bond acceptors (Lipinski definition) is 5. The highest BCUT2D eigenvalue weighted by atomic mass is 16.1. The molecular weight excluding hydrogens is 362 g/mol. The normalized spacial score (nSPS) is 12.3. The Balaban J connectivity index is 2.13. The number of hydrogen-bond donors (Lipinski definition) is 2. The molecule has 0 aliphatic carbocycles. The minimum absolute atomic E-state index is 0.136. The van der Waals surface area contributed by atoms with E-state index in [1.54, 1.807) is 36.2 Å². The largest absolute Gasteiger partial charge is 0.404 e. The van der Waals surface area contributed by atoms with Crippen LogP contribution < -0.4 is 17.0 Å². The molecule has 2 heterocycles. The number of aromatic nitrogens is 2. The van der Waals surface area contributed by atoms with Crippen LogP contribution in [0.1, 0.15) is 11.1 Å². The molecule has 29 heavy (non-hydrogen) atoms. The van der Waals surface area contributed by atoms with Gasteiger partial charge in [0.25, 0.3) is 5.56 Å². The van der Waals surface area contributed by atoms with Crippen molar-refractivity contribution in [3.8, 4) is 5.69 Å². The lowest BCUT2D eigenvalue weighted by atomic mass is 10.0. The van der Waals surface area contributed by atoms with Gasteiger partial charge in [-0.25, -0.2) is 0 Å². The highest BCUT2D eigenvalue weighted by molar-refractivity contribution is 6.12. The number of benzene rings is 2. The summed E-state index contributed by atoms with van der Waals surface area (Å²) in [5.74, 6) is 0. The zero-order valence-electron chi connectivity index (χ0n) is 16.3. The molecule has 2 aromatic carbocycles. The number of nitrogens with two attached hydrogens (primary N) is 2. The van der Waals surface area contributed by atoms with Gasteiger partial charge < -0.3 is 11.5 Å². The summed E-state index contributed by atoms with van der Waals surface area (Å²) in [4.78, 5) is 21.5. The van der Waals surface area contributed by atoms with Crippen molar-refractivity contribution in [1.82, 2.24) is 9.55 Å². The van der Waals surface area contributed by atoms with E-state index in [1.807, 2.05) is 43.3 Å². The summed E-state index contributed by atoms with van der Waals surface area (Å²) >= 11 is 0. The van der Waals surface area contributed by atoms with Gasteiger partial charge >= 0.3 is 0 Å². The molecule has 0 unspecified atom stereocenters. The predicted octanol–water partition coefficient (Wildman–Crippen LogP) is 3.43. The number of fused-ring (bicyclic) bond motifs is 3. The van der Waals surface area contributed by atoms with E-state index in [-0.39, 0.29) is 5.56 Å². The number of anilines is 1. The van der Waals surface area contributed by atoms with Crippen LogP contribution in [0.5, 0.6) is 0 Å². The summed E-state index contributed by atoms with van der Waals surface area (Å²) in [5, 5.41) is 1.71. The van der Waals surface area contributed by atoms with Crippen LogP contribution in [0.3, 0.4) is 0 Å². The highest BCUT2D eigenvalue weighted by Gasteiger charge is 2.12. The van der Waals surface area contributed by atoms with Crippen LogP contribution in [0.15, 0.2) is 70.7 Å². The number of rotatable bonds is 3. The second kappa shape index (κ2) is 7.24. The fraction of sp³-hybridized carbons (Fsp3) is 0.0870. The van der Waals surface area contributed by atoms with E-state index in [2.05, 4.69) is 9.98 Å². The van der Waals surface area contributed by atoms with Crippen LogP contribution in [0.2, 0.25) is 0 Å². The summed E-state index contributed by atoms with van der Waals surface area (Å²) in [7, 11) is 1.70. The van der Waals surface area contributed by atoms with Crippen LogP contribution >= 0.6 is 0 Å². The predicted molar refractivity (Wildman–Crippen MR) is 121 cm³/mol. The van der Waals surface area contributed by atoms with Gasteiger partial charge in [-0.15, -0.1) is 0 Å². The lowest BCUT2D eigenvalue weighted by Gasteiger charge is -2.14. The van der Waals surface area contributed by atoms with Gasteiger partial charge in [-0.3, -0.25) is 19.3 Å². The van der Waals surface area contributed by atoms with Crippen molar-refractivity contribution >= 4 is 39.3 Å². The summed E-state index contributed by atoms with van der Waals surface area (Å²) < 4.78 is 1.68. The Morgan fingerprint density at radius 1 is 1.14 bits per heavy atom. The molecule has 0 saturated carbocycles. The van der Waals surface area contributed by atoms with Gasteiger partial charge in [0.05, 0.1) is 16.7 Å². The number of nitrogens with zero attached hydrogens (tertiary/aromatic N) is 3. The Bertz CT molecular complexity index is 1370. The van der Waals surface area contributed by atoms with Crippen molar-refractivity contribution in [2.45, 2.75) is 6.92 Å². The molecule has 6 nitrogen and oxygen atoms in total. The molecule has 2 aromatic heterocycles. The lowest BCUT2D eigenvalue weighted by molar-refractivity contribution is 1.05. The number of pyridine rings is 2. The molecule has 0 atom stereocenters. The van der Waals surface area contributed by atoms with Gasteiger partial charge in [0.2, 0.25) is 0 Å². The van der Waals surface area contributed by atoms with Crippen molar-refractivity contribution in [1.29, 1.82) is 0 Å². The molecule has 0 spiro atoms. The molecule has 4 aromatic rings. The van der Waals surface area contributed by atoms with E-state index in [4.69, 9.17) is 11.5 Å². The molecular formula is C23H21N5O. The second-order valence-corrected chi connectivity index (χ2v) is 6.85. The van der Waals surface area contributed by atoms with Crippen LogP contribution in [0.25, 0.3) is 33.1 Å². The van der Waals surface area contributed by atoms with Crippen molar-refractivity contribution in [2.24, 2.45) is 10.7 Å². The Kier molecular flexibility index (Phi) is 4.60. The topological polar surface area (TPSA) is 99.3 Å². The summed E-state index contributed by atoms with van der Waals surface area (Å²) in [6.45, 7) is 1.94. The van der Waals surface area contributed by atoms with E-state index in [0.29, 0.717) is 11.4 Å². The summed E-state index contributed by atoms with van der Waals surface area (Å²) in [6.07, 6.45) is 4.99. The molecule has 0 fully saturated rings. The minimum Gasteiger partial charge on any atom is -0.404 e. The maximum absolute atomic E-state index is 12.9. The second-order valence-electron chi connectivity index (χ2n) is 6.85. The molecule has 0 bridgehead atoms. The number of aliphatic imine (C=N–C) groups is 1. The average molecular weight is 383 g/mol. The first-order valence-electron chi connectivity index (χ1n) is 9.19. The molecule has 0 saturated heterocycles. The van der Waals surface area contributed by atoms with E-state index in [9.17, 15) is 4.79 Å². The molecule has 144 valence electrons. The number of nitrogen functional groups attached to an aromatic ring is 1. The zero-order chi connectivity index (χ0) is 20.5. The monoisotopic (exact) mass is 383 g/mol. The molecule has 0 aliphatic rings. The first kappa shape index (κ1) is 18.4. The third-order valence-electron chi connectivity index (χ3n) is 5.02. The van der Waals surface area contributed by atoms with Crippen molar-refractivity contribution in [3.05, 3.63) is 82.4 Å². The first-order valence-corrected chi connectivity index (χ1v) is 9.19. The van der Waals surface area contributed by atoms with Crippen LogP contribution in [0.4, 0.5) is 5.69 Å². The third kappa shape index (κ3) is 3.14. The van der Waals surface area contributed by atoms with Gasteiger partial charge in [0.15, 0.2) is 0 Å². The molecule has 6 heteroatoms. The van der Waals surface area contributed by atoms with E-state index in [1.165, 1.54) is 6.20 Å². The molecule has 4 N–H and O–H groups in total. The van der Waals surface area contributed by atoms with Gasteiger partial charge in [0, 0.05) is 53.8 Å². The third-order valence-corrected chi connectivity index (χ3v) is 5.02. The van der Waals surface area contributed by atoms with Crippen molar-refractivity contribution < 1.29 is 0 Å². The van der Waals surface area contributed by atoms with Crippen molar-refractivity contribution in [2.75, 3.05) is 12.8 Å². The summed E-state index contributed by atoms with van der Waals surface area (Å²) in [6, 6.07) is 14.8. The molecule has 4 rings (SSSR count). The van der Waals surface area contributed by atoms with Gasteiger partial charge in [0.1, 0.15) is 0 Å².